The molecular weight excluding hydrogens is 376 g/mol. The summed E-state index contributed by atoms with van der Waals surface area (Å²) >= 11 is 6.40. The number of halogens is 1. The molecule has 4 rings (SSSR count). The summed E-state index contributed by atoms with van der Waals surface area (Å²) in [6.07, 6.45) is 0. The predicted octanol–water partition coefficient (Wildman–Crippen LogP) is 5.31. The first-order valence-electron chi connectivity index (χ1n) is 9.04. The Bertz CT molecular complexity index is 1020. The lowest BCUT2D eigenvalue weighted by Gasteiger charge is -2.19. The first kappa shape index (κ1) is 18.4. The predicted molar refractivity (Wildman–Crippen MR) is 112 cm³/mol. The molecule has 2 N–H and O–H groups in total. The van der Waals surface area contributed by atoms with E-state index >= 15 is 0 Å². The van der Waals surface area contributed by atoms with Crippen molar-refractivity contribution in [2.45, 2.75) is 20.8 Å². The van der Waals surface area contributed by atoms with Crippen LogP contribution in [0.2, 0.25) is 5.02 Å². The summed E-state index contributed by atoms with van der Waals surface area (Å²) in [6.45, 7) is 7.06. The third-order valence-corrected chi connectivity index (χ3v) is 4.64. The summed E-state index contributed by atoms with van der Waals surface area (Å²) in [4.78, 5) is 9.06. The highest BCUT2D eigenvalue weighted by Crippen LogP contribution is 2.34. The van der Waals surface area contributed by atoms with E-state index in [-0.39, 0.29) is 0 Å². The maximum atomic E-state index is 6.40. The minimum Gasteiger partial charge on any atom is -0.486 e. The summed E-state index contributed by atoms with van der Waals surface area (Å²) in [5, 5.41) is 7.19. The molecule has 0 saturated heterocycles. The molecule has 6 nitrogen and oxygen atoms in total. The smallest absolute Gasteiger partial charge is 0.229 e. The van der Waals surface area contributed by atoms with Crippen molar-refractivity contribution in [2.24, 2.45) is 0 Å². The summed E-state index contributed by atoms with van der Waals surface area (Å²) < 4.78 is 11.2. The molecule has 0 fully saturated rings. The van der Waals surface area contributed by atoms with Crippen molar-refractivity contribution < 1.29 is 9.47 Å². The molecule has 0 aliphatic carbocycles. The zero-order valence-corrected chi connectivity index (χ0v) is 16.7. The minimum atomic E-state index is 0.480. The van der Waals surface area contributed by atoms with Crippen molar-refractivity contribution in [3.63, 3.8) is 0 Å². The van der Waals surface area contributed by atoms with Gasteiger partial charge in [-0.05, 0) is 50.1 Å². The Hall–Kier alpha value is -2.99. The highest BCUT2D eigenvalue weighted by atomic mass is 35.5. The van der Waals surface area contributed by atoms with Gasteiger partial charge in [-0.1, -0.05) is 17.7 Å². The fourth-order valence-corrected chi connectivity index (χ4v) is 3.51. The van der Waals surface area contributed by atoms with Crippen LogP contribution in [0.4, 0.5) is 23.1 Å². The van der Waals surface area contributed by atoms with Gasteiger partial charge in [0.05, 0.1) is 10.7 Å². The van der Waals surface area contributed by atoms with Crippen molar-refractivity contribution in [1.29, 1.82) is 0 Å². The largest absolute Gasteiger partial charge is 0.486 e. The Balaban J connectivity index is 1.59. The third-order valence-electron chi connectivity index (χ3n) is 4.34. The van der Waals surface area contributed by atoms with Crippen molar-refractivity contribution in [1.82, 2.24) is 9.97 Å². The molecule has 2 heterocycles. The molecule has 0 atom stereocenters. The fraction of sp³-hybridized carbons (Fsp3) is 0.238. The zero-order chi connectivity index (χ0) is 19.7. The lowest BCUT2D eigenvalue weighted by atomic mass is 10.1. The van der Waals surface area contributed by atoms with Crippen LogP contribution in [0.5, 0.6) is 11.5 Å². The molecule has 0 amide bonds. The van der Waals surface area contributed by atoms with Crippen molar-refractivity contribution in [3.8, 4) is 11.5 Å². The highest BCUT2D eigenvalue weighted by Gasteiger charge is 2.13. The molecule has 2 aromatic carbocycles. The molecule has 0 bridgehead atoms. The van der Waals surface area contributed by atoms with Crippen LogP contribution in [0.3, 0.4) is 0 Å². The van der Waals surface area contributed by atoms with E-state index in [4.69, 9.17) is 21.1 Å². The van der Waals surface area contributed by atoms with Gasteiger partial charge in [0.1, 0.15) is 19.0 Å². The van der Waals surface area contributed by atoms with Gasteiger partial charge in [0.15, 0.2) is 11.5 Å². The third kappa shape index (κ3) is 3.97. The van der Waals surface area contributed by atoms with Gasteiger partial charge in [0, 0.05) is 23.5 Å². The summed E-state index contributed by atoms with van der Waals surface area (Å²) in [7, 11) is 0. The number of anilines is 4. The highest BCUT2D eigenvalue weighted by molar-refractivity contribution is 6.33. The van der Waals surface area contributed by atoms with Crippen LogP contribution < -0.4 is 20.1 Å². The number of nitrogens with one attached hydrogen (secondary N) is 2. The quantitative estimate of drug-likeness (QED) is 0.622. The Morgan fingerprint density at radius 3 is 2.46 bits per heavy atom. The number of hydrogen-bond donors (Lipinski definition) is 2. The van der Waals surface area contributed by atoms with Gasteiger partial charge < -0.3 is 20.1 Å². The van der Waals surface area contributed by atoms with Crippen LogP contribution in [-0.2, 0) is 0 Å². The molecular formula is C21H21ClN4O2. The van der Waals surface area contributed by atoms with E-state index in [9.17, 15) is 0 Å². The van der Waals surface area contributed by atoms with E-state index in [0.717, 1.165) is 39.7 Å². The molecule has 3 aromatic rings. The van der Waals surface area contributed by atoms with E-state index < -0.39 is 0 Å². The van der Waals surface area contributed by atoms with E-state index in [1.807, 2.05) is 51.1 Å². The number of ether oxygens (including phenoxy) is 2. The van der Waals surface area contributed by atoms with Gasteiger partial charge in [-0.25, -0.2) is 4.98 Å². The Morgan fingerprint density at radius 2 is 1.68 bits per heavy atom. The second kappa shape index (κ2) is 7.56. The number of aromatic nitrogens is 2. The number of aryl methyl sites for hydroxylation is 3. The van der Waals surface area contributed by atoms with Gasteiger partial charge in [-0.15, -0.1) is 0 Å². The van der Waals surface area contributed by atoms with Crippen molar-refractivity contribution in [3.05, 3.63) is 58.2 Å². The standard InChI is InChI=1S/C21H21ClN4O2/c1-12-8-13(2)20(16(22)9-12)26-21-23-14(3)10-19(25-21)24-15-4-5-17-18(11-15)28-7-6-27-17/h4-5,8-11H,6-7H2,1-3H3,(H2,23,24,25,26). The number of nitrogens with zero attached hydrogens (tertiary/aromatic N) is 2. The van der Waals surface area contributed by atoms with Crippen molar-refractivity contribution in [2.75, 3.05) is 23.8 Å². The molecule has 144 valence electrons. The topological polar surface area (TPSA) is 68.3 Å². The fourth-order valence-electron chi connectivity index (χ4n) is 3.14. The molecule has 0 radical (unpaired) electrons. The maximum Gasteiger partial charge on any atom is 0.229 e. The molecule has 1 aliphatic heterocycles. The molecule has 1 aromatic heterocycles. The van der Waals surface area contributed by atoms with Crippen LogP contribution in [0.15, 0.2) is 36.4 Å². The van der Waals surface area contributed by atoms with E-state index in [0.29, 0.717) is 30.0 Å². The molecule has 0 spiro atoms. The average Bonchev–Trinajstić information content (AvgIpc) is 2.64. The molecule has 28 heavy (non-hydrogen) atoms. The normalized spacial score (nSPS) is 12.6. The van der Waals surface area contributed by atoms with Crippen LogP contribution in [0.25, 0.3) is 0 Å². The zero-order valence-electron chi connectivity index (χ0n) is 16.0. The number of rotatable bonds is 4. The molecule has 7 heteroatoms. The van der Waals surface area contributed by atoms with Crippen LogP contribution >= 0.6 is 11.6 Å². The number of hydrogen-bond acceptors (Lipinski definition) is 6. The maximum absolute atomic E-state index is 6.40. The van der Waals surface area contributed by atoms with Gasteiger partial charge in [-0.3, -0.25) is 0 Å². The second-order valence-electron chi connectivity index (χ2n) is 6.77. The molecule has 0 unspecified atom stereocenters. The first-order chi connectivity index (χ1) is 13.5. The Kier molecular flexibility index (Phi) is 4.96. The lowest BCUT2D eigenvalue weighted by Crippen LogP contribution is -2.15. The van der Waals surface area contributed by atoms with Crippen LogP contribution in [0.1, 0.15) is 16.8 Å². The van der Waals surface area contributed by atoms with Gasteiger partial charge in [-0.2, -0.15) is 4.98 Å². The monoisotopic (exact) mass is 396 g/mol. The van der Waals surface area contributed by atoms with Gasteiger partial charge in [0.2, 0.25) is 5.95 Å². The van der Waals surface area contributed by atoms with Crippen molar-refractivity contribution >= 4 is 34.7 Å². The number of fused-ring (bicyclic) bond motifs is 1. The summed E-state index contributed by atoms with van der Waals surface area (Å²) in [5.41, 5.74) is 4.65. The van der Waals surface area contributed by atoms with Gasteiger partial charge >= 0.3 is 0 Å². The molecule has 1 aliphatic rings. The second-order valence-corrected chi connectivity index (χ2v) is 7.17. The first-order valence-corrected chi connectivity index (χ1v) is 9.42. The summed E-state index contributed by atoms with van der Waals surface area (Å²) in [6, 6.07) is 11.6. The minimum absolute atomic E-state index is 0.480. The average molecular weight is 397 g/mol. The Labute approximate surface area is 168 Å². The van der Waals surface area contributed by atoms with E-state index in [1.54, 1.807) is 0 Å². The van der Waals surface area contributed by atoms with Gasteiger partial charge in [0.25, 0.3) is 0 Å². The Morgan fingerprint density at radius 1 is 0.893 bits per heavy atom. The van der Waals surface area contributed by atoms with E-state index in [2.05, 4.69) is 26.7 Å². The molecule has 0 saturated carbocycles. The van der Waals surface area contributed by atoms with E-state index in [1.165, 1.54) is 0 Å². The van der Waals surface area contributed by atoms with Crippen LogP contribution in [-0.4, -0.2) is 23.2 Å². The lowest BCUT2D eigenvalue weighted by molar-refractivity contribution is 0.171. The summed E-state index contributed by atoms with van der Waals surface area (Å²) in [5.74, 6) is 2.63. The SMILES string of the molecule is Cc1cc(C)c(Nc2nc(C)cc(Nc3ccc4c(c3)OCCO4)n2)c(Cl)c1. The number of benzene rings is 2. The van der Waals surface area contributed by atoms with Crippen LogP contribution in [0, 0.1) is 20.8 Å².